The fourth-order valence-electron chi connectivity index (χ4n) is 2.45. The van der Waals surface area contributed by atoms with Crippen LogP contribution in [0.5, 0.6) is 0 Å². The zero-order valence-electron chi connectivity index (χ0n) is 11.9. The van der Waals surface area contributed by atoms with Crippen LogP contribution in [0.4, 0.5) is 5.95 Å². The molecule has 4 rings (SSSR count). The van der Waals surface area contributed by atoms with E-state index in [0.717, 1.165) is 10.9 Å². The average molecular weight is 328 g/mol. The third-order valence-electron chi connectivity index (χ3n) is 3.53. The van der Waals surface area contributed by atoms with Crippen LogP contribution < -0.4 is 5.32 Å². The lowest BCUT2D eigenvalue weighted by Gasteiger charge is -2.01. The highest BCUT2D eigenvalue weighted by atomic mass is 35.5. The molecular weight excluding hydrogens is 318 g/mol. The SMILES string of the molecule is Cn1c2ccc(Cl)cc2c2nnc(NC(=O)c3ccco3)nc21. The number of hydrogen-bond donors (Lipinski definition) is 1. The Balaban J connectivity index is 1.80. The van der Waals surface area contributed by atoms with Crippen LogP contribution in [0.3, 0.4) is 0 Å². The number of furan rings is 1. The minimum Gasteiger partial charge on any atom is -0.459 e. The van der Waals surface area contributed by atoms with Crippen LogP contribution in [0, 0.1) is 0 Å². The molecule has 0 atom stereocenters. The van der Waals surface area contributed by atoms with E-state index in [9.17, 15) is 4.79 Å². The van der Waals surface area contributed by atoms with Crippen LogP contribution in [-0.4, -0.2) is 25.7 Å². The number of carbonyl (C=O) groups excluding carboxylic acids is 1. The molecule has 114 valence electrons. The van der Waals surface area contributed by atoms with Crippen molar-refractivity contribution < 1.29 is 9.21 Å². The van der Waals surface area contributed by atoms with E-state index in [4.69, 9.17) is 16.0 Å². The summed E-state index contributed by atoms with van der Waals surface area (Å²) in [6.45, 7) is 0. The quantitative estimate of drug-likeness (QED) is 0.611. The van der Waals surface area contributed by atoms with E-state index < -0.39 is 5.91 Å². The van der Waals surface area contributed by atoms with Crippen LogP contribution in [0.2, 0.25) is 5.02 Å². The van der Waals surface area contributed by atoms with Crippen molar-refractivity contribution in [2.75, 3.05) is 5.32 Å². The van der Waals surface area contributed by atoms with Gasteiger partial charge < -0.3 is 8.98 Å². The topological polar surface area (TPSA) is 85.8 Å². The smallest absolute Gasteiger partial charge is 0.293 e. The van der Waals surface area contributed by atoms with E-state index in [-0.39, 0.29) is 11.7 Å². The van der Waals surface area contributed by atoms with E-state index in [0.29, 0.717) is 16.2 Å². The Morgan fingerprint density at radius 2 is 2.17 bits per heavy atom. The van der Waals surface area contributed by atoms with Crippen molar-refractivity contribution in [3.05, 3.63) is 47.4 Å². The van der Waals surface area contributed by atoms with Crippen LogP contribution in [-0.2, 0) is 7.05 Å². The Morgan fingerprint density at radius 3 is 2.96 bits per heavy atom. The van der Waals surface area contributed by atoms with Crippen LogP contribution in [0.1, 0.15) is 10.6 Å². The fourth-order valence-corrected chi connectivity index (χ4v) is 2.63. The number of aromatic nitrogens is 4. The number of carbonyl (C=O) groups is 1. The Kier molecular flexibility index (Phi) is 3.02. The van der Waals surface area contributed by atoms with Gasteiger partial charge in [0.15, 0.2) is 11.4 Å². The van der Waals surface area contributed by atoms with E-state index in [1.54, 1.807) is 18.2 Å². The molecule has 0 unspecified atom stereocenters. The molecule has 4 aromatic rings. The first-order chi connectivity index (χ1) is 11.1. The summed E-state index contributed by atoms with van der Waals surface area (Å²) < 4.78 is 6.91. The molecule has 1 N–H and O–H groups in total. The second-order valence-corrected chi connectivity index (χ2v) is 5.40. The van der Waals surface area contributed by atoms with Gasteiger partial charge in [0.05, 0.1) is 11.8 Å². The first kappa shape index (κ1) is 13.7. The Hall–Kier alpha value is -2.93. The summed E-state index contributed by atoms with van der Waals surface area (Å²) in [5.74, 6) is -0.147. The monoisotopic (exact) mass is 327 g/mol. The summed E-state index contributed by atoms with van der Waals surface area (Å²) in [5, 5.41) is 12.2. The molecule has 1 amide bonds. The first-order valence-electron chi connectivity index (χ1n) is 6.77. The Morgan fingerprint density at radius 1 is 1.30 bits per heavy atom. The Labute approximate surface area is 134 Å². The number of rotatable bonds is 2. The molecule has 0 fully saturated rings. The fraction of sp³-hybridized carbons (Fsp3) is 0.0667. The Bertz CT molecular complexity index is 1040. The van der Waals surface area contributed by atoms with Gasteiger partial charge in [-0.05, 0) is 30.3 Å². The summed E-state index contributed by atoms with van der Waals surface area (Å²) in [4.78, 5) is 16.3. The molecule has 0 radical (unpaired) electrons. The maximum Gasteiger partial charge on any atom is 0.293 e. The number of halogens is 1. The molecule has 3 aromatic heterocycles. The molecule has 0 aliphatic carbocycles. The summed E-state index contributed by atoms with van der Waals surface area (Å²) in [6, 6.07) is 8.69. The molecule has 0 saturated carbocycles. The van der Waals surface area contributed by atoms with Crippen molar-refractivity contribution in [1.29, 1.82) is 0 Å². The minimum atomic E-state index is -0.432. The van der Waals surface area contributed by atoms with E-state index in [1.165, 1.54) is 6.26 Å². The highest BCUT2D eigenvalue weighted by molar-refractivity contribution is 6.31. The number of anilines is 1. The van der Waals surface area contributed by atoms with Gasteiger partial charge in [0.25, 0.3) is 11.9 Å². The average Bonchev–Trinajstić information content (AvgIpc) is 3.16. The van der Waals surface area contributed by atoms with E-state index in [1.807, 2.05) is 23.7 Å². The van der Waals surface area contributed by atoms with Crippen molar-refractivity contribution in [2.24, 2.45) is 7.05 Å². The zero-order chi connectivity index (χ0) is 16.0. The largest absolute Gasteiger partial charge is 0.459 e. The van der Waals surface area contributed by atoms with Gasteiger partial charge in [0.1, 0.15) is 5.52 Å². The van der Waals surface area contributed by atoms with Gasteiger partial charge in [-0.25, -0.2) is 0 Å². The molecule has 7 nitrogen and oxygen atoms in total. The summed E-state index contributed by atoms with van der Waals surface area (Å²) in [7, 11) is 1.87. The molecule has 0 aliphatic rings. The number of fused-ring (bicyclic) bond motifs is 3. The third-order valence-corrected chi connectivity index (χ3v) is 3.77. The summed E-state index contributed by atoms with van der Waals surface area (Å²) in [6.07, 6.45) is 1.42. The molecule has 0 saturated heterocycles. The van der Waals surface area contributed by atoms with Crippen LogP contribution >= 0.6 is 11.6 Å². The second-order valence-electron chi connectivity index (χ2n) is 4.96. The summed E-state index contributed by atoms with van der Waals surface area (Å²) in [5.41, 5.74) is 2.16. The third kappa shape index (κ3) is 2.22. The molecule has 3 heterocycles. The normalized spacial score (nSPS) is 11.2. The van der Waals surface area contributed by atoms with Gasteiger partial charge in [0, 0.05) is 17.5 Å². The van der Waals surface area contributed by atoms with Crippen molar-refractivity contribution in [1.82, 2.24) is 19.7 Å². The lowest BCUT2D eigenvalue weighted by molar-refractivity contribution is 0.0995. The van der Waals surface area contributed by atoms with Gasteiger partial charge in [-0.15, -0.1) is 10.2 Å². The zero-order valence-corrected chi connectivity index (χ0v) is 12.7. The van der Waals surface area contributed by atoms with Gasteiger partial charge >= 0.3 is 0 Å². The molecule has 23 heavy (non-hydrogen) atoms. The van der Waals surface area contributed by atoms with Crippen molar-refractivity contribution in [2.45, 2.75) is 0 Å². The van der Waals surface area contributed by atoms with Crippen molar-refractivity contribution in [3.63, 3.8) is 0 Å². The van der Waals surface area contributed by atoms with Gasteiger partial charge in [-0.2, -0.15) is 4.98 Å². The van der Waals surface area contributed by atoms with E-state index >= 15 is 0 Å². The highest BCUT2D eigenvalue weighted by Gasteiger charge is 2.15. The first-order valence-corrected chi connectivity index (χ1v) is 7.14. The van der Waals surface area contributed by atoms with Crippen LogP contribution in [0.15, 0.2) is 41.0 Å². The van der Waals surface area contributed by atoms with E-state index in [2.05, 4.69) is 20.5 Å². The number of aryl methyl sites for hydroxylation is 1. The molecule has 1 aromatic carbocycles. The molecule has 0 bridgehead atoms. The predicted octanol–water partition coefficient (Wildman–Crippen LogP) is 3.02. The minimum absolute atomic E-state index is 0.107. The highest BCUT2D eigenvalue weighted by Crippen LogP contribution is 2.27. The second kappa shape index (κ2) is 5.06. The summed E-state index contributed by atoms with van der Waals surface area (Å²) >= 11 is 6.04. The predicted molar refractivity (Wildman–Crippen MR) is 85.5 cm³/mol. The number of amides is 1. The van der Waals surface area contributed by atoms with Gasteiger partial charge in [-0.3, -0.25) is 10.1 Å². The van der Waals surface area contributed by atoms with Crippen molar-refractivity contribution in [3.8, 4) is 0 Å². The molecule has 0 spiro atoms. The number of nitrogens with one attached hydrogen (secondary N) is 1. The number of hydrogen-bond acceptors (Lipinski definition) is 5. The lowest BCUT2D eigenvalue weighted by Crippen LogP contribution is -2.14. The maximum atomic E-state index is 12.0. The molecule has 8 heteroatoms. The molecule has 0 aliphatic heterocycles. The van der Waals surface area contributed by atoms with Gasteiger partial charge in [0.2, 0.25) is 0 Å². The molecular formula is C15H10ClN5O2. The van der Waals surface area contributed by atoms with Crippen LogP contribution in [0.25, 0.3) is 22.1 Å². The number of nitrogens with zero attached hydrogens (tertiary/aromatic N) is 4. The maximum absolute atomic E-state index is 12.0. The lowest BCUT2D eigenvalue weighted by atomic mass is 10.2. The standard InChI is InChI=1S/C15H10ClN5O2/c1-21-10-5-4-8(16)7-9(10)12-13(21)17-15(20-19-12)18-14(22)11-3-2-6-23-11/h2-7H,1H3,(H,17,18,20,22). The van der Waals surface area contributed by atoms with Crippen molar-refractivity contribution >= 4 is 45.5 Å². The van der Waals surface area contributed by atoms with Gasteiger partial charge in [-0.1, -0.05) is 11.6 Å². The number of benzene rings is 1.